The highest BCUT2D eigenvalue weighted by Crippen LogP contribution is 2.14. The minimum atomic E-state index is 0. The van der Waals surface area contributed by atoms with Crippen LogP contribution in [0.2, 0.25) is 0 Å². The molecule has 0 radical (unpaired) electrons. The van der Waals surface area contributed by atoms with Crippen LogP contribution in [-0.4, -0.2) is 29.5 Å². The van der Waals surface area contributed by atoms with Crippen LogP contribution in [0, 0.1) is 6.92 Å². The van der Waals surface area contributed by atoms with Crippen molar-refractivity contribution in [3.8, 4) is 0 Å². The van der Waals surface area contributed by atoms with E-state index in [0.29, 0.717) is 12.1 Å². The third-order valence-electron chi connectivity index (χ3n) is 2.91. The fourth-order valence-corrected chi connectivity index (χ4v) is 2.74. The lowest BCUT2D eigenvalue weighted by Gasteiger charge is -2.28. The van der Waals surface area contributed by atoms with Gasteiger partial charge in [-0.15, -0.1) is 36.2 Å². The summed E-state index contributed by atoms with van der Waals surface area (Å²) in [5, 5.41) is 6.45. The summed E-state index contributed by atoms with van der Waals surface area (Å²) in [5.41, 5.74) is 2.54. The van der Waals surface area contributed by atoms with E-state index in [4.69, 9.17) is 0 Å². The quantitative estimate of drug-likeness (QED) is 0.880. The van der Waals surface area contributed by atoms with Crippen molar-refractivity contribution in [3.63, 3.8) is 0 Å². The first-order chi connectivity index (χ1) is 7.66. The Balaban J connectivity index is 0.00000144. The minimum absolute atomic E-state index is 0. The Hall–Kier alpha value is -0.360. The molecule has 0 bridgehead atoms. The molecule has 1 aliphatic rings. The minimum Gasteiger partial charge on any atom is -0.348 e. The van der Waals surface area contributed by atoms with Gasteiger partial charge in [-0.1, -0.05) is 0 Å². The molecule has 1 aliphatic heterocycles. The zero-order valence-corrected chi connectivity index (χ0v) is 12.9. The van der Waals surface area contributed by atoms with Crippen molar-refractivity contribution in [2.24, 2.45) is 0 Å². The van der Waals surface area contributed by atoms with Crippen molar-refractivity contribution in [3.05, 3.63) is 16.1 Å². The molecule has 2 unspecified atom stereocenters. The van der Waals surface area contributed by atoms with Crippen LogP contribution in [0.3, 0.4) is 0 Å². The summed E-state index contributed by atoms with van der Waals surface area (Å²) in [7, 11) is 0. The van der Waals surface area contributed by atoms with Gasteiger partial charge in [0.25, 0.3) is 5.91 Å². The maximum Gasteiger partial charge on any atom is 0.263 e. The summed E-state index contributed by atoms with van der Waals surface area (Å²) in [6.45, 7) is 5.00. The molecular formula is C11H19Cl2N3OS. The van der Waals surface area contributed by atoms with Crippen LogP contribution in [-0.2, 0) is 0 Å². The Labute approximate surface area is 124 Å². The highest BCUT2D eigenvalue weighted by molar-refractivity contribution is 7.11. The fourth-order valence-electron chi connectivity index (χ4n) is 2.03. The normalized spacial score (nSPS) is 22.6. The Morgan fingerprint density at radius 1 is 1.56 bits per heavy atom. The second-order valence-electron chi connectivity index (χ2n) is 4.32. The molecule has 2 atom stereocenters. The molecule has 1 aromatic rings. The first-order valence-electron chi connectivity index (χ1n) is 5.61. The predicted molar refractivity (Wildman–Crippen MR) is 79.3 cm³/mol. The molecule has 2 rings (SSSR count). The summed E-state index contributed by atoms with van der Waals surface area (Å²) in [6, 6.07) is 0.784. The van der Waals surface area contributed by atoms with Gasteiger partial charge in [0.1, 0.15) is 4.88 Å². The van der Waals surface area contributed by atoms with Crippen LogP contribution < -0.4 is 10.6 Å². The standard InChI is InChI=1S/C11H17N3OS.2ClH/c1-7-5-9(3-4-12-7)14-11(15)10-8(2)13-6-16-10;;/h6-7,9,12H,3-5H2,1-2H3,(H,14,15);2*1H. The number of nitrogens with one attached hydrogen (secondary N) is 2. The number of halogens is 2. The van der Waals surface area contributed by atoms with E-state index in [1.807, 2.05) is 6.92 Å². The second-order valence-corrected chi connectivity index (χ2v) is 5.17. The van der Waals surface area contributed by atoms with Crippen molar-refractivity contribution < 1.29 is 4.79 Å². The average molecular weight is 312 g/mol. The fraction of sp³-hybridized carbons (Fsp3) is 0.636. The van der Waals surface area contributed by atoms with Crippen LogP contribution in [0.25, 0.3) is 0 Å². The number of nitrogens with zero attached hydrogens (tertiary/aromatic N) is 1. The largest absolute Gasteiger partial charge is 0.348 e. The summed E-state index contributed by atoms with van der Waals surface area (Å²) < 4.78 is 0. The van der Waals surface area contributed by atoms with Crippen molar-refractivity contribution in [1.29, 1.82) is 0 Å². The van der Waals surface area contributed by atoms with Crippen LogP contribution in [0.1, 0.15) is 35.1 Å². The lowest BCUT2D eigenvalue weighted by atomic mass is 10.0. The van der Waals surface area contributed by atoms with E-state index < -0.39 is 0 Å². The second kappa shape index (κ2) is 7.94. The van der Waals surface area contributed by atoms with E-state index >= 15 is 0 Å². The first-order valence-corrected chi connectivity index (χ1v) is 6.49. The summed E-state index contributed by atoms with van der Waals surface area (Å²) >= 11 is 1.41. The maximum absolute atomic E-state index is 11.9. The van der Waals surface area contributed by atoms with Crippen molar-refractivity contribution in [1.82, 2.24) is 15.6 Å². The molecule has 1 aromatic heterocycles. The van der Waals surface area contributed by atoms with E-state index in [1.165, 1.54) is 11.3 Å². The molecule has 7 heteroatoms. The third-order valence-corrected chi connectivity index (χ3v) is 3.84. The Kier molecular flexibility index (Phi) is 7.78. The molecule has 1 saturated heterocycles. The van der Waals surface area contributed by atoms with Gasteiger partial charge in [0.05, 0.1) is 11.2 Å². The Bertz CT molecular complexity index is 386. The number of aryl methyl sites for hydroxylation is 1. The Morgan fingerprint density at radius 3 is 2.83 bits per heavy atom. The summed E-state index contributed by atoms with van der Waals surface area (Å²) in [6.07, 6.45) is 2.01. The smallest absolute Gasteiger partial charge is 0.263 e. The number of carbonyl (C=O) groups excluding carboxylic acids is 1. The number of aromatic nitrogens is 1. The number of carbonyl (C=O) groups is 1. The summed E-state index contributed by atoms with van der Waals surface area (Å²) in [5.74, 6) is 0.0269. The highest BCUT2D eigenvalue weighted by atomic mass is 35.5. The average Bonchev–Trinajstić information content (AvgIpc) is 2.64. The van der Waals surface area contributed by atoms with Crippen molar-refractivity contribution in [2.45, 2.75) is 38.8 Å². The molecule has 104 valence electrons. The van der Waals surface area contributed by atoms with Gasteiger partial charge in [0.15, 0.2) is 0 Å². The van der Waals surface area contributed by atoms with Gasteiger partial charge in [0, 0.05) is 12.1 Å². The molecule has 18 heavy (non-hydrogen) atoms. The molecule has 0 spiro atoms. The van der Waals surface area contributed by atoms with Gasteiger partial charge in [-0.25, -0.2) is 4.98 Å². The lowest BCUT2D eigenvalue weighted by molar-refractivity contribution is 0.0929. The van der Waals surface area contributed by atoms with Crippen LogP contribution in [0.4, 0.5) is 0 Å². The van der Waals surface area contributed by atoms with Crippen LogP contribution in [0.15, 0.2) is 5.51 Å². The van der Waals surface area contributed by atoms with E-state index in [9.17, 15) is 4.79 Å². The van der Waals surface area contributed by atoms with Crippen molar-refractivity contribution >= 4 is 42.1 Å². The molecule has 0 aliphatic carbocycles. The van der Waals surface area contributed by atoms with Gasteiger partial charge >= 0.3 is 0 Å². The van der Waals surface area contributed by atoms with E-state index in [2.05, 4.69) is 22.5 Å². The molecule has 2 heterocycles. The molecular weight excluding hydrogens is 293 g/mol. The number of thiazole rings is 1. The Morgan fingerprint density at radius 2 is 2.28 bits per heavy atom. The SMILES string of the molecule is Cc1ncsc1C(=O)NC1CCNC(C)C1.Cl.Cl. The first kappa shape index (κ1) is 17.6. The maximum atomic E-state index is 11.9. The number of piperidine rings is 1. The topological polar surface area (TPSA) is 54.0 Å². The van der Waals surface area contributed by atoms with Crippen LogP contribution >= 0.6 is 36.2 Å². The van der Waals surface area contributed by atoms with Crippen molar-refractivity contribution in [2.75, 3.05) is 6.54 Å². The number of rotatable bonds is 2. The van der Waals surface area contributed by atoms with Gasteiger partial charge in [-0.3, -0.25) is 4.79 Å². The highest BCUT2D eigenvalue weighted by Gasteiger charge is 2.21. The number of hydrogen-bond donors (Lipinski definition) is 2. The molecule has 4 nitrogen and oxygen atoms in total. The summed E-state index contributed by atoms with van der Waals surface area (Å²) in [4.78, 5) is 16.8. The van der Waals surface area contributed by atoms with Crippen LogP contribution in [0.5, 0.6) is 0 Å². The monoisotopic (exact) mass is 311 g/mol. The van der Waals surface area contributed by atoms with E-state index in [1.54, 1.807) is 5.51 Å². The molecule has 1 fully saturated rings. The lowest BCUT2D eigenvalue weighted by Crippen LogP contribution is -2.46. The zero-order valence-electron chi connectivity index (χ0n) is 10.4. The van der Waals surface area contributed by atoms with Gasteiger partial charge in [0.2, 0.25) is 0 Å². The molecule has 0 saturated carbocycles. The van der Waals surface area contributed by atoms with E-state index in [0.717, 1.165) is 30.0 Å². The molecule has 1 amide bonds. The molecule has 0 aromatic carbocycles. The number of amides is 1. The van der Waals surface area contributed by atoms with Gasteiger partial charge < -0.3 is 10.6 Å². The van der Waals surface area contributed by atoms with E-state index in [-0.39, 0.29) is 30.7 Å². The zero-order chi connectivity index (χ0) is 11.5. The van der Waals surface area contributed by atoms with Gasteiger partial charge in [-0.05, 0) is 33.2 Å². The molecule has 2 N–H and O–H groups in total. The predicted octanol–water partition coefficient (Wildman–Crippen LogP) is 2.17. The third kappa shape index (κ3) is 4.39. The number of hydrogen-bond acceptors (Lipinski definition) is 4. The van der Waals surface area contributed by atoms with Gasteiger partial charge in [-0.2, -0.15) is 0 Å².